The number of anilines is 2. The highest BCUT2D eigenvalue weighted by molar-refractivity contribution is 5.97. The standard InChI is InChI=1S/C19H21N3O4/c1-25-16-7-3-13(4-8-16)20-19(24)21-14-11-18(23)22(12-14)15-5-9-17(26-2)10-6-15/h3-10,14H,11-12H2,1-2H3,(H2,20,21,24)/t14-/m1/s1. The van der Waals surface area contributed by atoms with Crippen LogP contribution < -0.4 is 25.0 Å². The lowest BCUT2D eigenvalue weighted by Crippen LogP contribution is -2.39. The molecule has 1 aliphatic heterocycles. The summed E-state index contributed by atoms with van der Waals surface area (Å²) >= 11 is 0. The number of hydrogen-bond donors (Lipinski definition) is 2. The first-order chi connectivity index (χ1) is 12.6. The maximum absolute atomic E-state index is 12.3. The number of benzene rings is 2. The first-order valence-corrected chi connectivity index (χ1v) is 8.25. The number of nitrogens with one attached hydrogen (secondary N) is 2. The van der Waals surface area contributed by atoms with E-state index in [2.05, 4.69) is 10.6 Å². The summed E-state index contributed by atoms with van der Waals surface area (Å²) in [5, 5.41) is 5.59. The van der Waals surface area contributed by atoms with Gasteiger partial charge in [-0.3, -0.25) is 4.79 Å². The summed E-state index contributed by atoms with van der Waals surface area (Å²) < 4.78 is 10.2. The molecule has 1 aliphatic rings. The Morgan fingerprint density at radius 3 is 2.15 bits per heavy atom. The molecule has 0 bridgehead atoms. The smallest absolute Gasteiger partial charge is 0.319 e. The van der Waals surface area contributed by atoms with Gasteiger partial charge in [0.15, 0.2) is 0 Å². The van der Waals surface area contributed by atoms with Crippen molar-refractivity contribution in [3.05, 3.63) is 48.5 Å². The van der Waals surface area contributed by atoms with Gasteiger partial charge in [-0.2, -0.15) is 0 Å². The van der Waals surface area contributed by atoms with Crippen molar-refractivity contribution in [2.45, 2.75) is 12.5 Å². The van der Waals surface area contributed by atoms with Crippen LogP contribution >= 0.6 is 0 Å². The van der Waals surface area contributed by atoms with Crippen molar-refractivity contribution in [2.75, 3.05) is 31.0 Å². The molecule has 136 valence electrons. The number of amides is 3. The fourth-order valence-electron chi connectivity index (χ4n) is 2.84. The van der Waals surface area contributed by atoms with E-state index in [1.165, 1.54) is 0 Å². The summed E-state index contributed by atoms with van der Waals surface area (Å²) in [7, 11) is 3.18. The molecule has 3 amide bonds. The second-order valence-electron chi connectivity index (χ2n) is 5.93. The summed E-state index contributed by atoms with van der Waals surface area (Å²) in [6.07, 6.45) is 0.266. The van der Waals surface area contributed by atoms with Gasteiger partial charge in [0.05, 0.1) is 20.3 Å². The van der Waals surface area contributed by atoms with Crippen molar-refractivity contribution >= 4 is 23.3 Å². The molecule has 0 aliphatic carbocycles. The Bertz CT molecular complexity index is 774. The minimum atomic E-state index is -0.343. The van der Waals surface area contributed by atoms with Gasteiger partial charge in [-0.05, 0) is 48.5 Å². The molecule has 2 aromatic carbocycles. The zero-order valence-corrected chi connectivity index (χ0v) is 14.7. The van der Waals surface area contributed by atoms with E-state index in [1.54, 1.807) is 55.5 Å². The van der Waals surface area contributed by atoms with Gasteiger partial charge in [-0.25, -0.2) is 4.79 Å². The molecule has 2 aromatic rings. The van der Waals surface area contributed by atoms with Crippen molar-refractivity contribution in [3.63, 3.8) is 0 Å². The SMILES string of the molecule is COc1ccc(NC(=O)N[C@@H]2CC(=O)N(c3ccc(OC)cc3)C2)cc1. The van der Waals surface area contributed by atoms with Crippen LogP contribution in [-0.4, -0.2) is 38.7 Å². The molecule has 1 heterocycles. The van der Waals surface area contributed by atoms with Crippen molar-refractivity contribution in [1.29, 1.82) is 0 Å². The Kier molecular flexibility index (Phi) is 5.26. The molecule has 0 unspecified atom stereocenters. The van der Waals surface area contributed by atoms with Crippen LogP contribution in [0.3, 0.4) is 0 Å². The maximum Gasteiger partial charge on any atom is 0.319 e. The third-order valence-electron chi connectivity index (χ3n) is 4.19. The lowest BCUT2D eigenvalue weighted by atomic mass is 10.2. The molecule has 0 spiro atoms. The van der Waals surface area contributed by atoms with Gasteiger partial charge in [0.1, 0.15) is 11.5 Å². The number of nitrogens with zero attached hydrogens (tertiary/aromatic N) is 1. The molecule has 1 fully saturated rings. The molecular weight excluding hydrogens is 334 g/mol. The second kappa shape index (κ2) is 7.77. The Labute approximate surface area is 151 Å². The predicted octanol–water partition coefficient (Wildman–Crippen LogP) is 2.63. The van der Waals surface area contributed by atoms with Crippen LogP contribution in [0.1, 0.15) is 6.42 Å². The topological polar surface area (TPSA) is 79.9 Å². The molecule has 7 nitrogen and oxygen atoms in total. The first-order valence-electron chi connectivity index (χ1n) is 8.25. The molecular formula is C19H21N3O4. The highest BCUT2D eigenvalue weighted by atomic mass is 16.5. The molecule has 2 N–H and O–H groups in total. The Balaban J connectivity index is 1.56. The molecule has 0 saturated carbocycles. The fraction of sp³-hybridized carbons (Fsp3) is 0.263. The van der Waals surface area contributed by atoms with Gasteiger partial charge in [-0.1, -0.05) is 0 Å². The van der Waals surface area contributed by atoms with E-state index in [4.69, 9.17) is 9.47 Å². The molecule has 0 radical (unpaired) electrons. The minimum Gasteiger partial charge on any atom is -0.497 e. The fourth-order valence-corrected chi connectivity index (χ4v) is 2.84. The van der Waals surface area contributed by atoms with Crippen LogP contribution in [0.2, 0.25) is 0 Å². The third kappa shape index (κ3) is 4.05. The van der Waals surface area contributed by atoms with Crippen molar-refractivity contribution in [2.24, 2.45) is 0 Å². The number of urea groups is 1. The molecule has 26 heavy (non-hydrogen) atoms. The van der Waals surface area contributed by atoms with Crippen LogP contribution in [0.25, 0.3) is 0 Å². The normalized spacial score (nSPS) is 16.3. The van der Waals surface area contributed by atoms with E-state index < -0.39 is 0 Å². The van der Waals surface area contributed by atoms with Gasteiger partial charge < -0.3 is 25.0 Å². The van der Waals surface area contributed by atoms with E-state index in [0.29, 0.717) is 18.0 Å². The highest BCUT2D eigenvalue weighted by Gasteiger charge is 2.31. The van der Waals surface area contributed by atoms with Crippen LogP contribution in [0.5, 0.6) is 11.5 Å². The van der Waals surface area contributed by atoms with Gasteiger partial charge >= 0.3 is 6.03 Å². The summed E-state index contributed by atoms with van der Waals surface area (Å²) in [5.74, 6) is 1.42. The Hall–Kier alpha value is -3.22. The average Bonchev–Trinajstić information content (AvgIpc) is 3.02. The van der Waals surface area contributed by atoms with Crippen molar-refractivity contribution < 1.29 is 19.1 Å². The van der Waals surface area contributed by atoms with Gasteiger partial charge in [-0.15, -0.1) is 0 Å². The number of methoxy groups -OCH3 is 2. The average molecular weight is 355 g/mol. The predicted molar refractivity (Wildman–Crippen MR) is 98.9 cm³/mol. The Morgan fingerprint density at radius 2 is 1.58 bits per heavy atom. The number of carbonyl (C=O) groups is 2. The monoisotopic (exact) mass is 355 g/mol. The molecule has 7 heteroatoms. The minimum absolute atomic E-state index is 0.0232. The van der Waals surface area contributed by atoms with Gasteiger partial charge in [0.25, 0.3) is 0 Å². The van der Waals surface area contributed by atoms with Crippen LogP contribution in [0.4, 0.5) is 16.2 Å². The van der Waals surface area contributed by atoms with Crippen LogP contribution in [0.15, 0.2) is 48.5 Å². The number of rotatable bonds is 5. The molecule has 3 rings (SSSR count). The summed E-state index contributed by atoms with van der Waals surface area (Å²) in [6, 6.07) is 13.7. The first kappa shape index (κ1) is 17.6. The lowest BCUT2D eigenvalue weighted by Gasteiger charge is -2.18. The van der Waals surface area contributed by atoms with E-state index >= 15 is 0 Å². The molecule has 1 atom stereocenters. The van der Waals surface area contributed by atoms with E-state index in [0.717, 1.165) is 11.4 Å². The highest BCUT2D eigenvalue weighted by Crippen LogP contribution is 2.24. The number of carbonyl (C=O) groups excluding carboxylic acids is 2. The quantitative estimate of drug-likeness (QED) is 0.864. The third-order valence-corrected chi connectivity index (χ3v) is 4.19. The number of ether oxygens (including phenoxy) is 2. The summed E-state index contributed by atoms with van der Waals surface area (Å²) in [6.45, 7) is 0.432. The van der Waals surface area contributed by atoms with E-state index in [1.807, 2.05) is 12.1 Å². The van der Waals surface area contributed by atoms with Crippen LogP contribution in [0, 0.1) is 0 Å². The van der Waals surface area contributed by atoms with Crippen molar-refractivity contribution in [1.82, 2.24) is 5.32 Å². The van der Waals surface area contributed by atoms with Crippen LogP contribution in [-0.2, 0) is 4.79 Å². The maximum atomic E-state index is 12.3. The van der Waals surface area contributed by atoms with Gasteiger partial charge in [0.2, 0.25) is 5.91 Å². The van der Waals surface area contributed by atoms with E-state index in [9.17, 15) is 9.59 Å². The zero-order valence-electron chi connectivity index (χ0n) is 14.7. The number of hydrogen-bond acceptors (Lipinski definition) is 4. The summed E-state index contributed by atoms with van der Waals surface area (Å²) in [4.78, 5) is 26.1. The summed E-state index contributed by atoms with van der Waals surface area (Å²) in [5.41, 5.74) is 1.44. The Morgan fingerprint density at radius 1 is 1.00 bits per heavy atom. The molecule has 0 aromatic heterocycles. The van der Waals surface area contributed by atoms with E-state index in [-0.39, 0.29) is 24.4 Å². The van der Waals surface area contributed by atoms with Gasteiger partial charge in [0, 0.05) is 24.3 Å². The molecule has 1 saturated heterocycles. The second-order valence-corrected chi connectivity index (χ2v) is 5.93. The zero-order chi connectivity index (χ0) is 18.5. The van der Waals surface area contributed by atoms with Crippen molar-refractivity contribution in [3.8, 4) is 11.5 Å². The lowest BCUT2D eigenvalue weighted by molar-refractivity contribution is -0.117. The largest absolute Gasteiger partial charge is 0.497 e.